The Morgan fingerprint density at radius 2 is 1.79 bits per heavy atom. The SMILES string of the molecule is C=Cc1c(-c2cc(CC(C)C)c(C=O)cc2CC)cn(C)c(=O)c1N(C)Cc1ccccc1. The van der Waals surface area contributed by atoms with Crippen LogP contribution in [0.1, 0.15) is 53.4 Å². The zero-order chi connectivity index (χ0) is 24.1. The molecule has 3 aromatic rings. The summed E-state index contributed by atoms with van der Waals surface area (Å²) in [5.74, 6) is 0.426. The first-order chi connectivity index (χ1) is 15.8. The van der Waals surface area contributed by atoms with Gasteiger partial charge in [0, 0.05) is 43.5 Å². The lowest BCUT2D eigenvalue weighted by atomic mass is 9.88. The molecule has 33 heavy (non-hydrogen) atoms. The first kappa shape index (κ1) is 24.2. The predicted octanol–water partition coefficient (Wildman–Crippen LogP) is 5.91. The lowest BCUT2D eigenvalue weighted by Crippen LogP contribution is -2.29. The van der Waals surface area contributed by atoms with Gasteiger partial charge in [0.2, 0.25) is 0 Å². The largest absolute Gasteiger partial charge is 0.365 e. The molecule has 0 saturated carbocycles. The molecule has 0 aliphatic heterocycles. The van der Waals surface area contributed by atoms with Crippen LogP contribution in [0.4, 0.5) is 5.69 Å². The van der Waals surface area contributed by atoms with E-state index in [0.29, 0.717) is 18.2 Å². The summed E-state index contributed by atoms with van der Waals surface area (Å²) < 4.78 is 1.65. The number of rotatable bonds is 9. The number of anilines is 1. The van der Waals surface area contributed by atoms with Crippen molar-refractivity contribution in [3.63, 3.8) is 0 Å². The van der Waals surface area contributed by atoms with Crippen molar-refractivity contribution in [3.8, 4) is 11.1 Å². The van der Waals surface area contributed by atoms with Crippen molar-refractivity contribution in [1.29, 1.82) is 0 Å². The normalized spacial score (nSPS) is 11.0. The highest BCUT2D eigenvalue weighted by atomic mass is 16.1. The van der Waals surface area contributed by atoms with Crippen LogP contribution < -0.4 is 10.5 Å². The lowest BCUT2D eigenvalue weighted by molar-refractivity contribution is 0.112. The maximum Gasteiger partial charge on any atom is 0.274 e. The maximum absolute atomic E-state index is 13.3. The molecule has 0 atom stereocenters. The number of benzene rings is 2. The predicted molar refractivity (Wildman–Crippen MR) is 139 cm³/mol. The summed E-state index contributed by atoms with van der Waals surface area (Å²) in [6, 6.07) is 14.3. The monoisotopic (exact) mass is 442 g/mol. The van der Waals surface area contributed by atoms with Gasteiger partial charge in [0.15, 0.2) is 0 Å². The number of aldehydes is 1. The smallest absolute Gasteiger partial charge is 0.274 e. The van der Waals surface area contributed by atoms with Gasteiger partial charge in [-0.3, -0.25) is 9.59 Å². The Labute approximate surface area is 197 Å². The second-order valence-electron chi connectivity index (χ2n) is 9.04. The molecule has 172 valence electrons. The van der Waals surface area contributed by atoms with Crippen molar-refractivity contribution < 1.29 is 4.79 Å². The lowest BCUT2D eigenvalue weighted by Gasteiger charge is -2.25. The number of nitrogens with zero attached hydrogens (tertiary/aromatic N) is 2. The minimum absolute atomic E-state index is 0.0583. The Morgan fingerprint density at radius 3 is 2.36 bits per heavy atom. The van der Waals surface area contributed by atoms with Gasteiger partial charge < -0.3 is 9.47 Å². The summed E-state index contributed by atoms with van der Waals surface area (Å²) in [5.41, 5.74) is 7.40. The van der Waals surface area contributed by atoms with E-state index in [1.807, 2.05) is 42.4 Å². The van der Waals surface area contributed by atoms with Crippen LogP contribution in [0.25, 0.3) is 17.2 Å². The van der Waals surface area contributed by atoms with E-state index in [4.69, 9.17) is 0 Å². The summed E-state index contributed by atoms with van der Waals surface area (Å²) >= 11 is 0. The zero-order valence-corrected chi connectivity index (χ0v) is 20.4. The van der Waals surface area contributed by atoms with E-state index in [9.17, 15) is 9.59 Å². The average Bonchev–Trinajstić information content (AvgIpc) is 2.80. The third kappa shape index (κ3) is 5.16. The molecule has 0 spiro atoms. The molecule has 0 unspecified atom stereocenters. The van der Waals surface area contributed by atoms with Crippen molar-refractivity contribution in [1.82, 2.24) is 4.57 Å². The first-order valence-corrected chi connectivity index (χ1v) is 11.5. The van der Waals surface area contributed by atoms with E-state index in [1.165, 1.54) is 0 Å². The van der Waals surface area contributed by atoms with Crippen LogP contribution in [0.2, 0.25) is 0 Å². The fraction of sp³-hybridized carbons (Fsp3) is 0.310. The molecule has 4 nitrogen and oxygen atoms in total. The highest BCUT2D eigenvalue weighted by Crippen LogP contribution is 2.34. The Bertz CT molecular complexity index is 1210. The Morgan fingerprint density at radius 1 is 1.09 bits per heavy atom. The number of hydrogen-bond donors (Lipinski definition) is 0. The van der Waals surface area contributed by atoms with Crippen molar-refractivity contribution in [2.75, 3.05) is 11.9 Å². The van der Waals surface area contributed by atoms with E-state index < -0.39 is 0 Å². The fourth-order valence-corrected chi connectivity index (χ4v) is 4.44. The van der Waals surface area contributed by atoms with Gasteiger partial charge in [0.05, 0.1) is 0 Å². The molecule has 1 aromatic heterocycles. The molecule has 2 aromatic carbocycles. The highest BCUT2D eigenvalue weighted by molar-refractivity contribution is 5.86. The van der Waals surface area contributed by atoms with Crippen molar-refractivity contribution in [3.05, 3.63) is 93.4 Å². The van der Waals surface area contributed by atoms with Gasteiger partial charge in [-0.15, -0.1) is 0 Å². The van der Waals surface area contributed by atoms with Crippen molar-refractivity contribution in [2.45, 2.75) is 40.2 Å². The topological polar surface area (TPSA) is 42.3 Å². The van der Waals surface area contributed by atoms with E-state index in [-0.39, 0.29) is 5.56 Å². The number of hydrogen-bond acceptors (Lipinski definition) is 3. The molecule has 4 heteroatoms. The first-order valence-electron chi connectivity index (χ1n) is 11.5. The van der Waals surface area contributed by atoms with Gasteiger partial charge in [-0.2, -0.15) is 0 Å². The average molecular weight is 443 g/mol. The number of carbonyl (C=O) groups is 1. The van der Waals surface area contributed by atoms with Crippen LogP contribution in [0.5, 0.6) is 0 Å². The van der Waals surface area contributed by atoms with Crippen LogP contribution in [0.15, 0.2) is 60.0 Å². The number of pyridine rings is 1. The third-order valence-corrected chi connectivity index (χ3v) is 6.03. The standard InChI is InChI=1S/C29H34N2O2/c1-7-22-15-24(19-32)23(14-20(3)4)16-26(22)27-18-31(6)29(33)28(25(27)8-2)30(5)17-21-12-10-9-11-13-21/h8-13,15-16,18-20H,2,7,14,17H2,1,3-6H3. The molecule has 0 radical (unpaired) electrons. The van der Waals surface area contributed by atoms with Crippen LogP contribution >= 0.6 is 0 Å². The minimum atomic E-state index is -0.0583. The van der Waals surface area contributed by atoms with Crippen LogP contribution in [0, 0.1) is 5.92 Å². The second kappa shape index (κ2) is 10.5. The van der Waals surface area contributed by atoms with E-state index in [0.717, 1.165) is 58.1 Å². The van der Waals surface area contributed by atoms with Gasteiger partial charge in [-0.05, 0) is 47.1 Å². The molecular formula is C29H34N2O2. The molecule has 0 aliphatic carbocycles. The Hall–Kier alpha value is -3.40. The summed E-state index contributed by atoms with van der Waals surface area (Å²) in [7, 11) is 3.74. The van der Waals surface area contributed by atoms with Crippen LogP contribution in [-0.2, 0) is 26.4 Å². The van der Waals surface area contributed by atoms with E-state index in [2.05, 4.69) is 45.5 Å². The number of aryl methyl sites for hydroxylation is 2. The third-order valence-electron chi connectivity index (χ3n) is 6.03. The summed E-state index contributed by atoms with van der Waals surface area (Å²) in [6.45, 7) is 11.1. The van der Waals surface area contributed by atoms with E-state index >= 15 is 0 Å². The maximum atomic E-state index is 13.3. The number of carbonyl (C=O) groups excluding carboxylic acids is 1. The molecule has 3 rings (SSSR count). The zero-order valence-electron chi connectivity index (χ0n) is 20.4. The molecule has 1 heterocycles. The van der Waals surface area contributed by atoms with E-state index in [1.54, 1.807) is 17.7 Å². The summed E-state index contributed by atoms with van der Waals surface area (Å²) in [6.07, 6.45) is 6.23. The fourth-order valence-electron chi connectivity index (χ4n) is 4.44. The van der Waals surface area contributed by atoms with Gasteiger partial charge in [0.25, 0.3) is 5.56 Å². The summed E-state index contributed by atoms with van der Waals surface area (Å²) in [4.78, 5) is 27.1. The molecule has 0 bridgehead atoms. The summed E-state index contributed by atoms with van der Waals surface area (Å²) in [5, 5.41) is 0. The van der Waals surface area contributed by atoms with Crippen molar-refractivity contribution in [2.24, 2.45) is 13.0 Å². The van der Waals surface area contributed by atoms with Crippen LogP contribution in [0.3, 0.4) is 0 Å². The number of aromatic nitrogens is 1. The quantitative estimate of drug-likeness (QED) is 0.387. The van der Waals surface area contributed by atoms with Gasteiger partial charge in [0.1, 0.15) is 12.0 Å². The molecule has 0 amide bonds. The Kier molecular flexibility index (Phi) is 7.70. The molecular weight excluding hydrogens is 408 g/mol. The molecule has 0 saturated heterocycles. The van der Waals surface area contributed by atoms with Crippen LogP contribution in [-0.4, -0.2) is 17.9 Å². The highest BCUT2D eigenvalue weighted by Gasteiger charge is 2.20. The van der Waals surface area contributed by atoms with Gasteiger partial charge >= 0.3 is 0 Å². The van der Waals surface area contributed by atoms with Crippen molar-refractivity contribution >= 4 is 18.0 Å². The minimum Gasteiger partial charge on any atom is -0.365 e. The Balaban J connectivity index is 2.25. The molecule has 0 fully saturated rings. The second-order valence-corrected chi connectivity index (χ2v) is 9.04. The van der Waals surface area contributed by atoms with Gasteiger partial charge in [-0.25, -0.2) is 0 Å². The van der Waals surface area contributed by atoms with Gasteiger partial charge in [-0.1, -0.05) is 69.8 Å². The molecule has 0 N–H and O–H groups in total. The molecule has 0 aliphatic rings.